The number of nitrogen functional groups attached to an aromatic ring is 1. The Balaban J connectivity index is 1.38. The molecule has 40 heavy (non-hydrogen) atoms. The summed E-state index contributed by atoms with van der Waals surface area (Å²) in [4.78, 5) is 25.5. The fraction of sp³-hybridized carbons (Fsp3) is 0.567. The summed E-state index contributed by atoms with van der Waals surface area (Å²) in [5.41, 5.74) is 11.3. The van der Waals surface area contributed by atoms with Crippen LogP contribution in [0.5, 0.6) is 0 Å². The van der Waals surface area contributed by atoms with Crippen molar-refractivity contribution in [3.8, 4) is 0 Å². The number of hydrogen-bond acceptors (Lipinski definition) is 6. The van der Waals surface area contributed by atoms with E-state index in [-0.39, 0.29) is 24.5 Å². The predicted octanol–water partition coefficient (Wildman–Crippen LogP) is 6.13. The number of carbonyl (C=O) groups excluding carboxylic acids is 1. The zero-order valence-electron chi connectivity index (χ0n) is 24.0. The van der Waals surface area contributed by atoms with Crippen molar-refractivity contribution in [2.45, 2.75) is 103 Å². The van der Waals surface area contributed by atoms with Gasteiger partial charge in [-0.05, 0) is 68.7 Å². The van der Waals surface area contributed by atoms with Crippen molar-refractivity contribution < 1.29 is 18.7 Å². The lowest BCUT2D eigenvalue weighted by Crippen LogP contribution is -2.46. The lowest BCUT2D eigenvalue weighted by Gasteiger charge is -2.41. The van der Waals surface area contributed by atoms with Crippen LogP contribution in [0.4, 0.5) is 10.2 Å². The van der Waals surface area contributed by atoms with Crippen molar-refractivity contribution in [3.63, 3.8) is 0 Å². The molecule has 3 aliphatic rings. The Kier molecular flexibility index (Phi) is 7.21. The highest BCUT2D eigenvalue weighted by atomic mass is 28.3. The quantitative estimate of drug-likeness (QED) is 0.235. The predicted molar refractivity (Wildman–Crippen MR) is 155 cm³/mol. The van der Waals surface area contributed by atoms with Crippen LogP contribution >= 0.6 is 0 Å². The normalized spacial score (nSPS) is 18.1. The Bertz CT molecular complexity index is 1440. The maximum atomic E-state index is 15.4. The lowest BCUT2D eigenvalue weighted by atomic mass is 9.89. The molecule has 2 saturated carbocycles. The third-order valence-electron chi connectivity index (χ3n) is 8.66. The number of aromatic nitrogens is 3. The smallest absolute Gasteiger partial charge is 0.271 e. The van der Waals surface area contributed by atoms with Gasteiger partial charge in [0.05, 0.1) is 36.0 Å². The number of nitrogens with zero attached hydrogens (tertiary/aromatic N) is 4. The van der Waals surface area contributed by atoms with Gasteiger partial charge >= 0.3 is 0 Å². The number of halogens is 1. The maximum absolute atomic E-state index is 15.4. The van der Waals surface area contributed by atoms with Crippen LogP contribution in [0, 0.1) is 5.82 Å². The zero-order chi connectivity index (χ0) is 28.2. The van der Waals surface area contributed by atoms with Crippen molar-refractivity contribution >= 4 is 30.8 Å². The van der Waals surface area contributed by atoms with Gasteiger partial charge in [-0.25, -0.2) is 9.37 Å². The minimum atomic E-state index is -1.29. The maximum Gasteiger partial charge on any atom is 0.271 e. The second kappa shape index (κ2) is 10.5. The van der Waals surface area contributed by atoms with Crippen LogP contribution in [0.1, 0.15) is 83.9 Å². The van der Waals surface area contributed by atoms with E-state index in [9.17, 15) is 4.79 Å². The average molecular weight is 566 g/mol. The first-order chi connectivity index (χ1) is 19.1. The summed E-state index contributed by atoms with van der Waals surface area (Å²) >= 11 is 0. The van der Waals surface area contributed by atoms with Crippen LogP contribution < -0.4 is 5.73 Å². The fourth-order valence-corrected chi connectivity index (χ4v) is 6.60. The van der Waals surface area contributed by atoms with Crippen molar-refractivity contribution in [2.24, 2.45) is 0 Å². The van der Waals surface area contributed by atoms with E-state index in [2.05, 4.69) is 29.6 Å². The Labute approximate surface area is 236 Å². The number of amides is 1. The molecule has 2 N–H and O–H groups in total. The number of rotatable bonds is 10. The topological polar surface area (TPSA) is 95.5 Å². The summed E-state index contributed by atoms with van der Waals surface area (Å²) in [5, 5.41) is 0. The first-order valence-corrected chi connectivity index (χ1v) is 18.3. The van der Waals surface area contributed by atoms with E-state index in [0.717, 1.165) is 60.4 Å². The molecular weight excluding hydrogens is 525 g/mol. The van der Waals surface area contributed by atoms with Gasteiger partial charge in [0, 0.05) is 38.0 Å². The SMILES string of the molecule is CC(c1ncc(C2CC2)cc1F)N(C(=O)c1cc2nc(N)c3c(c2n1COCC[Si](C)(C)C)COC3)C1CCC1. The van der Waals surface area contributed by atoms with Crippen LogP contribution in [0.25, 0.3) is 11.0 Å². The van der Waals surface area contributed by atoms with Crippen LogP contribution in [-0.2, 0) is 29.4 Å². The highest BCUT2D eigenvalue weighted by Crippen LogP contribution is 2.41. The van der Waals surface area contributed by atoms with Crippen LogP contribution in [0.15, 0.2) is 18.3 Å². The number of nitrogens with two attached hydrogens (primary N) is 1. The summed E-state index contributed by atoms with van der Waals surface area (Å²) in [6.07, 6.45) is 6.78. The Morgan fingerprint density at radius 2 is 1.98 bits per heavy atom. The van der Waals surface area contributed by atoms with Gasteiger partial charge in [0.1, 0.15) is 24.1 Å². The molecule has 1 amide bonds. The molecule has 0 aromatic carbocycles. The van der Waals surface area contributed by atoms with Gasteiger partial charge in [0.15, 0.2) is 0 Å². The molecule has 2 aliphatic carbocycles. The second-order valence-electron chi connectivity index (χ2n) is 12.9. The Morgan fingerprint density at radius 1 is 1.23 bits per heavy atom. The Morgan fingerprint density at radius 3 is 2.62 bits per heavy atom. The van der Waals surface area contributed by atoms with Crippen molar-refractivity contribution in [3.05, 3.63) is 52.2 Å². The standard InChI is InChI=1S/C30H40FN5O3Si/c1-18(27-24(31)12-20(14-33-27)19-8-9-19)36(21-6-5-7-21)30(37)26-13-25-28(22-15-39-16-23(22)29(32)34-25)35(26)17-38-10-11-40(2,3)4/h12-14,18-19,21H,5-11,15-17H2,1-4H3,(H2,32,34). The van der Waals surface area contributed by atoms with E-state index in [1.807, 2.05) is 22.5 Å². The molecule has 214 valence electrons. The van der Waals surface area contributed by atoms with Crippen molar-refractivity contribution in [1.29, 1.82) is 0 Å². The third kappa shape index (κ3) is 5.17. The molecule has 1 atom stereocenters. The second-order valence-corrected chi connectivity index (χ2v) is 18.5. The minimum absolute atomic E-state index is 0.0261. The number of anilines is 1. The first kappa shape index (κ1) is 27.4. The van der Waals surface area contributed by atoms with Crippen LogP contribution in [0.3, 0.4) is 0 Å². The molecule has 4 heterocycles. The summed E-state index contributed by atoms with van der Waals surface area (Å²) in [6, 6.07) is 3.96. The molecule has 2 fully saturated rings. The van der Waals surface area contributed by atoms with Gasteiger partial charge < -0.3 is 24.7 Å². The summed E-state index contributed by atoms with van der Waals surface area (Å²) in [6.45, 7) is 10.5. The monoisotopic (exact) mass is 565 g/mol. The molecule has 1 aliphatic heterocycles. The van der Waals surface area contributed by atoms with E-state index in [0.29, 0.717) is 48.5 Å². The van der Waals surface area contributed by atoms with Crippen LogP contribution in [-0.4, -0.2) is 46.1 Å². The molecule has 1 unspecified atom stereocenters. The fourth-order valence-electron chi connectivity index (χ4n) is 5.85. The molecule has 0 saturated heterocycles. The largest absolute Gasteiger partial charge is 0.383 e. The van der Waals surface area contributed by atoms with E-state index < -0.39 is 14.1 Å². The van der Waals surface area contributed by atoms with Gasteiger partial charge in [-0.1, -0.05) is 19.6 Å². The molecule has 0 bridgehead atoms. The first-order valence-electron chi connectivity index (χ1n) is 14.6. The number of carbonyl (C=O) groups is 1. The highest BCUT2D eigenvalue weighted by Gasteiger charge is 2.38. The zero-order valence-corrected chi connectivity index (χ0v) is 25.0. The van der Waals surface area contributed by atoms with E-state index in [4.69, 9.17) is 15.2 Å². The van der Waals surface area contributed by atoms with Crippen LogP contribution in [0.2, 0.25) is 25.7 Å². The molecule has 0 spiro atoms. The molecular formula is C30H40FN5O3Si. The molecule has 6 rings (SSSR count). The molecule has 3 aromatic rings. The number of ether oxygens (including phenoxy) is 2. The van der Waals surface area contributed by atoms with Gasteiger partial charge in [0.2, 0.25) is 0 Å². The third-order valence-corrected chi connectivity index (χ3v) is 10.4. The van der Waals surface area contributed by atoms with Gasteiger partial charge in [-0.2, -0.15) is 0 Å². The van der Waals surface area contributed by atoms with Crippen molar-refractivity contribution in [1.82, 2.24) is 19.4 Å². The number of hydrogen-bond donors (Lipinski definition) is 1. The summed E-state index contributed by atoms with van der Waals surface area (Å²) in [5.74, 6) is 0.344. The highest BCUT2D eigenvalue weighted by molar-refractivity contribution is 6.76. The van der Waals surface area contributed by atoms with Gasteiger partial charge in [-0.3, -0.25) is 9.78 Å². The van der Waals surface area contributed by atoms with Gasteiger partial charge in [0.25, 0.3) is 5.91 Å². The molecule has 0 radical (unpaired) electrons. The average Bonchev–Trinajstić information content (AvgIpc) is 3.49. The summed E-state index contributed by atoms with van der Waals surface area (Å²) < 4.78 is 29.2. The van der Waals surface area contributed by atoms with E-state index in [1.165, 1.54) is 0 Å². The van der Waals surface area contributed by atoms with E-state index in [1.54, 1.807) is 12.3 Å². The lowest BCUT2D eigenvalue weighted by molar-refractivity contribution is 0.0412. The number of fused-ring (bicyclic) bond motifs is 3. The number of pyridine rings is 2. The molecule has 8 nitrogen and oxygen atoms in total. The molecule has 3 aromatic heterocycles. The minimum Gasteiger partial charge on any atom is -0.383 e. The Hall–Kier alpha value is -2.82. The van der Waals surface area contributed by atoms with Gasteiger partial charge in [-0.15, -0.1) is 0 Å². The van der Waals surface area contributed by atoms with E-state index >= 15 is 4.39 Å². The summed E-state index contributed by atoms with van der Waals surface area (Å²) in [7, 11) is -1.29. The van der Waals surface area contributed by atoms with Crippen molar-refractivity contribution in [2.75, 3.05) is 12.3 Å². The molecule has 10 heteroatoms.